The topological polar surface area (TPSA) is 56.8 Å². The molecular weight excluding hydrogens is 606 g/mol. The lowest BCUT2D eigenvalue weighted by atomic mass is 9.80. The first-order valence-electron chi connectivity index (χ1n) is 19.6. The molecule has 0 radical (unpaired) electrons. The van der Waals surface area contributed by atoms with Crippen LogP contribution in [0.3, 0.4) is 0 Å². The summed E-state index contributed by atoms with van der Waals surface area (Å²) in [4.78, 5) is 12.4. The zero-order chi connectivity index (χ0) is 34.2. The molecule has 1 amide bonds. The Balaban J connectivity index is 1.07. The highest BCUT2D eigenvalue weighted by Gasteiger charge is 2.39. The number of hydrogen-bond acceptors (Lipinski definition) is 4. The summed E-state index contributed by atoms with van der Waals surface area (Å²) in [5.74, 6) is 0. The SMILES string of the molecule is CCCCCCCCCCCCCCCCCCNC(=O)OC[C@@H]1CC[C@H](COC(c2ccccc2)(c2ccccc2)c2ccccc2)O1. The van der Waals surface area contributed by atoms with Gasteiger partial charge in [-0.15, -0.1) is 0 Å². The molecule has 1 saturated heterocycles. The minimum absolute atomic E-state index is 0.0720. The molecule has 0 aliphatic carbocycles. The van der Waals surface area contributed by atoms with Crippen molar-refractivity contribution in [3.05, 3.63) is 108 Å². The number of carbonyl (C=O) groups is 1. The number of amides is 1. The first-order chi connectivity index (χ1) is 24.2. The molecule has 5 nitrogen and oxygen atoms in total. The third kappa shape index (κ3) is 13.6. The molecule has 1 heterocycles. The van der Waals surface area contributed by atoms with E-state index >= 15 is 0 Å². The Bertz CT molecular complexity index is 1160. The van der Waals surface area contributed by atoms with Crippen LogP contribution in [0.5, 0.6) is 0 Å². The summed E-state index contributed by atoms with van der Waals surface area (Å²) < 4.78 is 18.8. The van der Waals surface area contributed by atoms with Gasteiger partial charge in [0.1, 0.15) is 12.2 Å². The Morgan fingerprint density at radius 1 is 0.592 bits per heavy atom. The van der Waals surface area contributed by atoms with E-state index in [9.17, 15) is 4.79 Å². The fourth-order valence-electron chi connectivity index (χ4n) is 7.10. The van der Waals surface area contributed by atoms with E-state index in [-0.39, 0.29) is 24.9 Å². The van der Waals surface area contributed by atoms with Gasteiger partial charge in [-0.05, 0) is 36.0 Å². The van der Waals surface area contributed by atoms with Gasteiger partial charge in [-0.1, -0.05) is 194 Å². The van der Waals surface area contributed by atoms with Gasteiger partial charge in [-0.2, -0.15) is 0 Å². The molecule has 2 atom stereocenters. The molecule has 4 rings (SSSR count). The Hall–Kier alpha value is -3.15. The molecule has 5 heteroatoms. The molecule has 1 N–H and O–H groups in total. The summed E-state index contributed by atoms with van der Waals surface area (Å²) in [5.41, 5.74) is 2.46. The van der Waals surface area contributed by atoms with Crippen LogP contribution in [0, 0.1) is 0 Å². The van der Waals surface area contributed by atoms with Crippen LogP contribution in [0.15, 0.2) is 91.0 Å². The minimum atomic E-state index is -0.770. The molecule has 1 aliphatic rings. The first kappa shape index (κ1) is 38.6. The second-order valence-corrected chi connectivity index (χ2v) is 13.9. The molecular formula is C44H63NO4. The average molecular weight is 670 g/mol. The third-order valence-electron chi connectivity index (χ3n) is 9.92. The summed E-state index contributed by atoms with van der Waals surface area (Å²) in [7, 11) is 0. The fraction of sp³-hybridized carbons (Fsp3) is 0.568. The number of carbonyl (C=O) groups excluding carboxylic acids is 1. The minimum Gasteiger partial charge on any atom is -0.447 e. The molecule has 0 spiro atoms. The Kier molecular flexibility index (Phi) is 18.4. The van der Waals surface area contributed by atoms with E-state index in [2.05, 4.69) is 85.0 Å². The van der Waals surface area contributed by atoms with Gasteiger partial charge < -0.3 is 19.5 Å². The van der Waals surface area contributed by atoms with E-state index in [0.717, 1.165) is 42.4 Å². The highest BCUT2D eigenvalue weighted by molar-refractivity contribution is 5.67. The normalized spacial score (nSPS) is 16.1. The van der Waals surface area contributed by atoms with E-state index in [1.54, 1.807) is 0 Å². The Labute approximate surface area is 297 Å². The second kappa shape index (κ2) is 23.3. The number of nitrogens with one attached hydrogen (secondary N) is 1. The number of alkyl carbamates (subject to hydrolysis) is 1. The smallest absolute Gasteiger partial charge is 0.407 e. The van der Waals surface area contributed by atoms with Crippen LogP contribution in [-0.4, -0.2) is 38.1 Å². The monoisotopic (exact) mass is 669 g/mol. The third-order valence-corrected chi connectivity index (χ3v) is 9.92. The van der Waals surface area contributed by atoms with Crippen LogP contribution in [0.25, 0.3) is 0 Å². The van der Waals surface area contributed by atoms with Gasteiger partial charge in [-0.25, -0.2) is 4.79 Å². The maximum Gasteiger partial charge on any atom is 0.407 e. The van der Waals surface area contributed by atoms with Crippen molar-refractivity contribution in [2.75, 3.05) is 19.8 Å². The van der Waals surface area contributed by atoms with Gasteiger partial charge in [-0.3, -0.25) is 0 Å². The van der Waals surface area contributed by atoms with Crippen molar-refractivity contribution in [2.24, 2.45) is 0 Å². The standard InChI is InChI=1S/C44H63NO4/c1-2-3-4-5-6-7-8-9-10-11-12-13-14-15-16-26-35-45-43(46)47-36-41-33-34-42(49-41)37-48-44(38-27-20-17-21-28-38,39-29-22-18-23-30-39)40-31-24-19-25-32-40/h17-25,27-32,41-42H,2-16,26,33-37H2,1H3,(H,45,46)/t41-,42+/m0/s1. The van der Waals surface area contributed by atoms with Crippen molar-refractivity contribution in [3.8, 4) is 0 Å². The molecule has 0 saturated carbocycles. The summed E-state index contributed by atoms with van der Waals surface area (Å²) in [6.45, 7) is 3.65. The Morgan fingerprint density at radius 3 is 1.41 bits per heavy atom. The molecule has 0 bridgehead atoms. The van der Waals surface area contributed by atoms with Gasteiger partial charge in [0.15, 0.2) is 0 Å². The van der Waals surface area contributed by atoms with Gasteiger partial charge in [0.05, 0.1) is 18.8 Å². The lowest BCUT2D eigenvalue weighted by molar-refractivity contribution is -0.0701. The van der Waals surface area contributed by atoms with Crippen molar-refractivity contribution in [1.82, 2.24) is 5.32 Å². The van der Waals surface area contributed by atoms with E-state index in [1.165, 1.54) is 89.9 Å². The van der Waals surface area contributed by atoms with Gasteiger partial charge >= 0.3 is 6.09 Å². The van der Waals surface area contributed by atoms with Crippen molar-refractivity contribution in [2.45, 2.75) is 140 Å². The number of hydrogen-bond donors (Lipinski definition) is 1. The van der Waals surface area contributed by atoms with E-state index < -0.39 is 5.60 Å². The molecule has 0 aromatic heterocycles. The number of unbranched alkanes of at least 4 members (excludes halogenated alkanes) is 15. The van der Waals surface area contributed by atoms with E-state index in [4.69, 9.17) is 14.2 Å². The van der Waals surface area contributed by atoms with Crippen LogP contribution < -0.4 is 5.32 Å². The van der Waals surface area contributed by atoms with Crippen LogP contribution >= 0.6 is 0 Å². The van der Waals surface area contributed by atoms with E-state index in [1.807, 2.05) is 18.2 Å². The van der Waals surface area contributed by atoms with Crippen LogP contribution in [0.4, 0.5) is 4.79 Å². The van der Waals surface area contributed by atoms with Crippen molar-refractivity contribution in [1.29, 1.82) is 0 Å². The predicted molar refractivity (Wildman–Crippen MR) is 202 cm³/mol. The molecule has 268 valence electrons. The lowest BCUT2D eigenvalue weighted by Crippen LogP contribution is -2.36. The average Bonchev–Trinajstić information content (AvgIpc) is 3.61. The molecule has 1 fully saturated rings. The molecule has 49 heavy (non-hydrogen) atoms. The molecule has 0 unspecified atom stereocenters. The maximum absolute atomic E-state index is 12.4. The molecule has 3 aromatic carbocycles. The van der Waals surface area contributed by atoms with Gasteiger partial charge in [0.2, 0.25) is 0 Å². The quantitative estimate of drug-likeness (QED) is 0.0720. The highest BCUT2D eigenvalue weighted by atomic mass is 16.6. The first-order valence-corrected chi connectivity index (χ1v) is 19.6. The summed E-state index contributed by atoms with van der Waals surface area (Å²) in [6.07, 6.45) is 22.7. The van der Waals surface area contributed by atoms with Gasteiger partial charge in [0, 0.05) is 6.54 Å². The number of benzene rings is 3. The largest absolute Gasteiger partial charge is 0.447 e. The molecule has 1 aliphatic heterocycles. The second-order valence-electron chi connectivity index (χ2n) is 13.9. The maximum atomic E-state index is 12.4. The summed E-state index contributed by atoms with van der Waals surface area (Å²) in [6, 6.07) is 31.2. The van der Waals surface area contributed by atoms with Crippen molar-refractivity contribution >= 4 is 6.09 Å². The Morgan fingerprint density at radius 2 is 0.980 bits per heavy atom. The lowest BCUT2D eigenvalue weighted by Gasteiger charge is -2.36. The summed E-state index contributed by atoms with van der Waals surface area (Å²) in [5, 5.41) is 2.93. The van der Waals surface area contributed by atoms with Gasteiger partial charge in [0.25, 0.3) is 0 Å². The summed E-state index contributed by atoms with van der Waals surface area (Å²) >= 11 is 0. The fourth-order valence-corrected chi connectivity index (χ4v) is 7.10. The zero-order valence-electron chi connectivity index (χ0n) is 30.3. The van der Waals surface area contributed by atoms with Crippen LogP contribution in [-0.2, 0) is 19.8 Å². The van der Waals surface area contributed by atoms with Crippen molar-refractivity contribution < 1.29 is 19.0 Å². The number of ether oxygens (including phenoxy) is 3. The predicted octanol–water partition coefficient (Wildman–Crippen LogP) is 11.5. The molecule has 3 aromatic rings. The van der Waals surface area contributed by atoms with Crippen LogP contribution in [0.1, 0.15) is 139 Å². The van der Waals surface area contributed by atoms with Crippen LogP contribution in [0.2, 0.25) is 0 Å². The zero-order valence-corrected chi connectivity index (χ0v) is 30.3. The highest BCUT2D eigenvalue weighted by Crippen LogP contribution is 2.41. The van der Waals surface area contributed by atoms with Crippen molar-refractivity contribution in [3.63, 3.8) is 0 Å². The number of rotatable bonds is 25. The van der Waals surface area contributed by atoms with E-state index in [0.29, 0.717) is 13.2 Å².